The van der Waals surface area contributed by atoms with E-state index in [0.29, 0.717) is 26.1 Å². The summed E-state index contributed by atoms with van der Waals surface area (Å²) in [6.07, 6.45) is 11.7. The minimum Gasteiger partial charge on any atom is -0.726 e. The van der Waals surface area contributed by atoms with E-state index in [2.05, 4.69) is 11.1 Å². The molecule has 0 fully saturated rings. The van der Waals surface area contributed by atoms with Crippen LogP contribution in [0.15, 0.2) is 0 Å². The molecule has 0 aromatic carbocycles. The fraction of sp³-hybridized carbons (Fsp3) is 1.00. The van der Waals surface area contributed by atoms with Gasteiger partial charge in [0.2, 0.25) is 10.4 Å². The van der Waals surface area contributed by atoms with Crippen molar-refractivity contribution >= 4 is 10.4 Å². The molecule has 0 bridgehead atoms. The van der Waals surface area contributed by atoms with E-state index >= 15 is 0 Å². The molecule has 10 heteroatoms. The SMILES string of the molecule is CCCCCCCCCCCCOS(=O)(=O)[O-].OCCN(CCO)CCO.[K+]. The number of aliphatic hydroxyl groups is 3. The summed E-state index contributed by atoms with van der Waals surface area (Å²) < 4.78 is 34.5. The molecule has 0 spiro atoms. The molecule has 0 aromatic heterocycles. The van der Waals surface area contributed by atoms with Crippen molar-refractivity contribution in [2.24, 2.45) is 0 Å². The Labute approximate surface area is 214 Å². The Morgan fingerprint density at radius 2 is 1.11 bits per heavy atom. The van der Waals surface area contributed by atoms with Gasteiger partial charge in [-0.15, -0.1) is 0 Å². The van der Waals surface area contributed by atoms with Gasteiger partial charge in [0.15, 0.2) is 0 Å². The van der Waals surface area contributed by atoms with Crippen LogP contribution >= 0.6 is 0 Å². The van der Waals surface area contributed by atoms with Crippen molar-refractivity contribution in [2.45, 2.75) is 71.1 Å². The van der Waals surface area contributed by atoms with Crippen LogP contribution in [0.25, 0.3) is 0 Å². The van der Waals surface area contributed by atoms with Crippen LogP contribution in [0.1, 0.15) is 71.1 Å². The van der Waals surface area contributed by atoms with Crippen molar-refractivity contribution in [1.29, 1.82) is 0 Å². The minimum absolute atomic E-state index is 0. The molecule has 0 aromatic rings. The summed E-state index contributed by atoms with van der Waals surface area (Å²) in [5, 5.41) is 25.5. The summed E-state index contributed by atoms with van der Waals surface area (Å²) in [4.78, 5) is 1.79. The van der Waals surface area contributed by atoms with Crippen LogP contribution in [0.3, 0.4) is 0 Å². The number of unbranched alkanes of at least 4 members (excludes halogenated alkanes) is 9. The maximum Gasteiger partial charge on any atom is 1.00 e. The summed E-state index contributed by atoms with van der Waals surface area (Å²) >= 11 is 0. The Morgan fingerprint density at radius 1 is 0.750 bits per heavy atom. The van der Waals surface area contributed by atoms with Crippen LogP contribution in [-0.2, 0) is 14.6 Å². The number of hydrogen-bond acceptors (Lipinski definition) is 8. The van der Waals surface area contributed by atoms with E-state index in [4.69, 9.17) is 15.3 Å². The van der Waals surface area contributed by atoms with E-state index in [0.717, 1.165) is 12.8 Å². The summed E-state index contributed by atoms with van der Waals surface area (Å²) in [6, 6.07) is 0. The fourth-order valence-corrected chi connectivity index (χ4v) is 2.83. The standard InChI is InChI=1S/C12H26O4S.C6H15NO3.K/c1-2-3-4-5-6-7-8-9-10-11-12-16-17(13,14)15;8-4-1-7(2-5-9)3-6-10;/h2-12H2,1H3,(H,13,14,15);8-10H,1-6H2;/q;;+1/p-1. The average Bonchev–Trinajstić information content (AvgIpc) is 2.60. The molecule has 0 atom stereocenters. The molecule has 0 amide bonds. The largest absolute Gasteiger partial charge is 1.00 e. The Kier molecular flexibility index (Phi) is 32.0. The first kappa shape index (κ1) is 34.0. The summed E-state index contributed by atoms with van der Waals surface area (Å²) in [7, 11) is -4.48. The Balaban J connectivity index is -0.000000489. The Bertz CT molecular complexity index is 372. The van der Waals surface area contributed by atoms with Crippen molar-refractivity contribution in [2.75, 3.05) is 46.1 Å². The van der Waals surface area contributed by atoms with Gasteiger partial charge in [0, 0.05) is 19.6 Å². The van der Waals surface area contributed by atoms with Gasteiger partial charge in [-0.05, 0) is 6.42 Å². The van der Waals surface area contributed by atoms with Gasteiger partial charge in [-0.3, -0.25) is 9.08 Å². The first-order chi connectivity index (χ1) is 12.9. The average molecular weight is 454 g/mol. The van der Waals surface area contributed by atoms with Crippen molar-refractivity contribution in [3.8, 4) is 0 Å². The maximum atomic E-state index is 10.1. The molecule has 0 aliphatic rings. The van der Waals surface area contributed by atoms with Crippen LogP contribution in [0.2, 0.25) is 0 Å². The van der Waals surface area contributed by atoms with Gasteiger partial charge in [0.05, 0.1) is 26.4 Å². The smallest absolute Gasteiger partial charge is 0.726 e. The van der Waals surface area contributed by atoms with E-state index in [1.165, 1.54) is 44.9 Å². The van der Waals surface area contributed by atoms with Gasteiger partial charge >= 0.3 is 51.4 Å². The van der Waals surface area contributed by atoms with E-state index in [1.807, 2.05) is 0 Å². The van der Waals surface area contributed by atoms with E-state index in [9.17, 15) is 13.0 Å². The van der Waals surface area contributed by atoms with Crippen LogP contribution in [0.5, 0.6) is 0 Å². The topological polar surface area (TPSA) is 130 Å². The fourth-order valence-electron chi connectivity index (χ4n) is 2.51. The summed E-state index contributed by atoms with van der Waals surface area (Å²) in [5.41, 5.74) is 0. The van der Waals surface area contributed by atoms with Crippen LogP contribution in [0.4, 0.5) is 0 Å². The Morgan fingerprint density at radius 3 is 1.43 bits per heavy atom. The minimum atomic E-state index is -4.48. The third-order valence-electron chi connectivity index (χ3n) is 3.97. The Hall–Kier alpha value is 1.35. The summed E-state index contributed by atoms with van der Waals surface area (Å²) in [5.74, 6) is 0. The predicted octanol–water partition coefficient (Wildman–Crippen LogP) is -1.35. The quantitative estimate of drug-likeness (QED) is 0.101. The van der Waals surface area contributed by atoms with E-state index in [-0.39, 0.29) is 77.8 Å². The maximum absolute atomic E-state index is 10.1. The first-order valence-corrected chi connectivity index (χ1v) is 11.4. The van der Waals surface area contributed by atoms with Gasteiger partial charge < -0.3 is 19.9 Å². The van der Waals surface area contributed by atoms with Gasteiger partial charge in [-0.1, -0.05) is 64.7 Å². The number of hydrogen-bond donors (Lipinski definition) is 3. The van der Waals surface area contributed by atoms with E-state index < -0.39 is 10.4 Å². The van der Waals surface area contributed by atoms with Crippen molar-refractivity contribution in [3.63, 3.8) is 0 Å². The van der Waals surface area contributed by atoms with Gasteiger partial charge in [-0.25, -0.2) is 8.42 Å². The molecule has 0 aliphatic carbocycles. The molecule has 0 aliphatic heterocycles. The molecule has 28 heavy (non-hydrogen) atoms. The second-order valence-corrected chi connectivity index (χ2v) is 7.48. The number of aliphatic hydroxyl groups excluding tert-OH is 3. The molecule has 166 valence electrons. The zero-order valence-electron chi connectivity index (χ0n) is 17.9. The van der Waals surface area contributed by atoms with Crippen LogP contribution in [0, 0.1) is 0 Å². The molecule has 0 saturated carbocycles. The van der Waals surface area contributed by atoms with Gasteiger partial charge in [0.25, 0.3) is 0 Å². The van der Waals surface area contributed by atoms with Gasteiger partial charge in [-0.2, -0.15) is 0 Å². The van der Waals surface area contributed by atoms with Crippen LogP contribution < -0.4 is 51.4 Å². The predicted molar refractivity (Wildman–Crippen MR) is 105 cm³/mol. The molecule has 8 nitrogen and oxygen atoms in total. The monoisotopic (exact) mass is 453 g/mol. The normalized spacial score (nSPS) is 11.1. The number of rotatable bonds is 18. The van der Waals surface area contributed by atoms with E-state index in [1.54, 1.807) is 4.90 Å². The third-order valence-corrected chi connectivity index (χ3v) is 4.43. The zero-order chi connectivity index (χ0) is 20.8. The van der Waals surface area contributed by atoms with Crippen LogP contribution in [-0.4, -0.2) is 79.3 Å². The molecule has 0 unspecified atom stereocenters. The molecule has 0 radical (unpaired) electrons. The number of nitrogens with zero attached hydrogens (tertiary/aromatic N) is 1. The third kappa shape index (κ3) is 32.0. The summed E-state index contributed by atoms with van der Waals surface area (Å²) in [6.45, 7) is 4.00. The first-order valence-electron chi connectivity index (χ1n) is 10.1. The second kappa shape index (κ2) is 26.4. The second-order valence-electron chi connectivity index (χ2n) is 6.42. The molecule has 3 N–H and O–H groups in total. The molecule has 0 heterocycles. The van der Waals surface area contributed by atoms with Crippen molar-refractivity contribution in [1.82, 2.24) is 4.90 Å². The molecule has 0 saturated heterocycles. The molecular weight excluding hydrogens is 413 g/mol. The molecular formula is C18H40KNO7S. The van der Waals surface area contributed by atoms with Crippen molar-refractivity contribution < 1.29 is 83.9 Å². The molecule has 0 rings (SSSR count). The van der Waals surface area contributed by atoms with Gasteiger partial charge in [0.1, 0.15) is 0 Å². The zero-order valence-corrected chi connectivity index (χ0v) is 21.8. The van der Waals surface area contributed by atoms with Crippen molar-refractivity contribution in [3.05, 3.63) is 0 Å².